The third kappa shape index (κ3) is 3.91. The molecule has 3 rings (SSSR count). The molecule has 1 saturated heterocycles. The van der Waals surface area contributed by atoms with Crippen LogP contribution in [0, 0.1) is 6.92 Å². The molecule has 0 unspecified atom stereocenters. The molecule has 1 aliphatic heterocycles. The minimum Gasteiger partial charge on any atom is -0.342 e. The number of piperazine rings is 1. The van der Waals surface area contributed by atoms with E-state index in [1.54, 1.807) is 34.1 Å². The molecule has 2 aromatic carbocycles. The van der Waals surface area contributed by atoms with Gasteiger partial charge in [-0.05, 0) is 36.8 Å². The fraction of sp³-hybridized carbons (Fsp3) is 0.250. The van der Waals surface area contributed by atoms with E-state index >= 15 is 0 Å². The highest BCUT2D eigenvalue weighted by atomic mass is 16.2. The molecule has 0 aromatic heterocycles. The number of benzene rings is 2. The minimum absolute atomic E-state index is 0.124. The Morgan fingerprint density at radius 1 is 0.962 bits per heavy atom. The Kier molecular flexibility index (Phi) is 5.31. The normalized spacial score (nSPS) is 14.0. The van der Waals surface area contributed by atoms with Gasteiger partial charge in [-0.3, -0.25) is 14.4 Å². The predicted molar refractivity (Wildman–Crippen MR) is 99.1 cm³/mol. The van der Waals surface area contributed by atoms with E-state index in [1.165, 1.54) is 0 Å². The summed E-state index contributed by atoms with van der Waals surface area (Å²) in [7, 11) is 0. The van der Waals surface area contributed by atoms with Gasteiger partial charge in [0.1, 0.15) is 0 Å². The summed E-state index contributed by atoms with van der Waals surface area (Å²) in [6.07, 6.45) is 0.804. The molecule has 134 valence electrons. The monoisotopic (exact) mass is 351 g/mol. The van der Waals surface area contributed by atoms with Crippen molar-refractivity contribution in [2.45, 2.75) is 6.92 Å². The number of carbonyl (C=O) groups excluding carboxylic acids is 3. The minimum atomic E-state index is -0.250. The first-order valence-electron chi connectivity index (χ1n) is 8.54. The molecule has 1 heterocycles. The maximum absolute atomic E-state index is 12.7. The molecule has 0 spiro atoms. The molecular formula is C20H21N3O3. The lowest BCUT2D eigenvalue weighted by Crippen LogP contribution is -2.48. The quantitative estimate of drug-likeness (QED) is 0.858. The van der Waals surface area contributed by atoms with E-state index in [-0.39, 0.29) is 11.8 Å². The van der Waals surface area contributed by atoms with Crippen molar-refractivity contribution in [1.82, 2.24) is 9.80 Å². The highest BCUT2D eigenvalue weighted by Gasteiger charge is 2.22. The molecule has 0 atom stereocenters. The molecule has 1 fully saturated rings. The number of amides is 3. The predicted octanol–water partition coefficient (Wildman–Crippen LogP) is 2.16. The number of rotatable bonds is 4. The van der Waals surface area contributed by atoms with Crippen molar-refractivity contribution in [3.63, 3.8) is 0 Å². The van der Waals surface area contributed by atoms with Crippen molar-refractivity contribution in [1.29, 1.82) is 0 Å². The Hall–Kier alpha value is -3.15. The summed E-state index contributed by atoms with van der Waals surface area (Å²) in [6, 6.07) is 14.3. The number of anilines is 1. The maximum atomic E-state index is 12.7. The zero-order valence-corrected chi connectivity index (χ0v) is 14.6. The van der Waals surface area contributed by atoms with E-state index in [0.29, 0.717) is 37.3 Å². The van der Waals surface area contributed by atoms with Gasteiger partial charge in [0.2, 0.25) is 6.41 Å². The molecule has 26 heavy (non-hydrogen) atoms. The van der Waals surface area contributed by atoms with Gasteiger partial charge in [-0.2, -0.15) is 0 Å². The lowest BCUT2D eigenvalue weighted by Gasteiger charge is -2.32. The number of para-hydroxylation sites is 1. The molecule has 6 heteroatoms. The van der Waals surface area contributed by atoms with Gasteiger partial charge in [0.15, 0.2) is 0 Å². The van der Waals surface area contributed by atoms with E-state index in [0.717, 1.165) is 17.7 Å². The van der Waals surface area contributed by atoms with Crippen LogP contribution in [0.5, 0.6) is 0 Å². The van der Waals surface area contributed by atoms with Gasteiger partial charge in [0, 0.05) is 43.0 Å². The average molecular weight is 351 g/mol. The summed E-state index contributed by atoms with van der Waals surface area (Å²) in [4.78, 5) is 39.3. The van der Waals surface area contributed by atoms with Crippen LogP contribution < -0.4 is 5.32 Å². The third-order valence-corrected chi connectivity index (χ3v) is 4.52. The van der Waals surface area contributed by atoms with E-state index in [4.69, 9.17) is 0 Å². The maximum Gasteiger partial charge on any atom is 0.255 e. The number of nitrogens with one attached hydrogen (secondary N) is 1. The second-order valence-corrected chi connectivity index (χ2v) is 6.28. The fourth-order valence-electron chi connectivity index (χ4n) is 2.91. The van der Waals surface area contributed by atoms with Crippen molar-refractivity contribution in [3.05, 3.63) is 65.2 Å². The second kappa shape index (κ2) is 7.82. The zero-order valence-electron chi connectivity index (χ0n) is 14.6. The Morgan fingerprint density at radius 3 is 2.35 bits per heavy atom. The van der Waals surface area contributed by atoms with Crippen molar-refractivity contribution in [2.24, 2.45) is 0 Å². The van der Waals surface area contributed by atoms with Crippen LogP contribution in [0.3, 0.4) is 0 Å². The van der Waals surface area contributed by atoms with E-state index < -0.39 is 0 Å². The molecule has 1 N–H and O–H groups in total. The Morgan fingerprint density at radius 2 is 1.65 bits per heavy atom. The number of carbonyl (C=O) groups is 3. The van der Waals surface area contributed by atoms with Gasteiger partial charge in [-0.15, -0.1) is 0 Å². The van der Waals surface area contributed by atoms with Gasteiger partial charge >= 0.3 is 0 Å². The summed E-state index contributed by atoms with van der Waals surface area (Å²) in [5, 5.41) is 2.88. The first-order valence-corrected chi connectivity index (χ1v) is 8.54. The van der Waals surface area contributed by atoms with Crippen molar-refractivity contribution < 1.29 is 14.4 Å². The summed E-state index contributed by atoms with van der Waals surface area (Å²) in [6.45, 7) is 3.98. The highest BCUT2D eigenvalue weighted by molar-refractivity contribution is 6.06. The van der Waals surface area contributed by atoms with Crippen LogP contribution in [0.2, 0.25) is 0 Å². The van der Waals surface area contributed by atoms with Crippen LogP contribution in [0.15, 0.2) is 48.5 Å². The summed E-state index contributed by atoms with van der Waals surface area (Å²) < 4.78 is 0. The summed E-state index contributed by atoms with van der Waals surface area (Å²) >= 11 is 0. The highest BCUT2D eigenvalue weighted by Crippen LogP contribution is 2.16. The topological polar surface area (TPSA) is 69.7 Å². The molecule has 3 amide bonds. The molecule has 0 aliphatic carbocycles. The van der Waals surface area contributed by atoms with Crippen molar-refractivity contribution >= 4 is 23.9 Å². The lowest BCUT2D eigenvalue weighted by atomic mass is 10.1. The second-order valence-electron chi connectivity index (χ2n) is 6.28. The Balaban J connectivity index is 1.71. The number of aryl methyl sites for hydroxylation is 1. The van der Waals surface area contributed by atoms with Crippen LogP contribution >= 0.6 is 0 Å². The molecule has 6 nitrogen and oxygen atoms in total. The van der Waals surface area contributed by atoms with Gasteiger partial charge in [0.05, 0.1) is 0 Å². The summed E-state index contributed by atoms with van der Waals surface area (Å²) in [5.41, 5.74) is 2.63. The van der Waals surface area contributed by atoms with Crippen LogP contribution in [0.4, 0.5) is 5.69 Å². The zero-order chi connectivity index (χ0) is 18.5. The van der Waals surface area contributed by atoms with Crippen molar-refractivity contribution in [3.8, 4) is 0 Å². The van der Waals surface area contributed by atoms with Gasteiger partial charge in [0.25, 0.3) is 11.8 Å². The Bertz CT molecular complexity index is 827. The molecular weight excluding hydrogens is 330 g/mol. The lowest BCUT2D eigenvalue weighted by molar-refractivity contribution is -0.119. The van der Waals surface area contributed by atoms with E-state index in [9.17, 15) is 14.4 Å². The molecule has 0 saturated carbocycles. The SMILES string of the molecule is Cc1ccccc1NC(=O)c1cccc(C(=O)N2CCN(C=O)CC2)c1. The van der Waals surface area contributed by atoms with Crippen LogP contribution in [0.1, 0.15) is 26.3 Å². The number of nitrogens with zero attached hydrogens (tertiary/aromatic N) is 2. The van der Waals surface area contributed by atoms with E-state index in [2.05, 4.69) is 5.32 Å². The third-order valence-electron chi connectivity index (χ3n) is 4.52. The molecule has 1 aliphatic rings. The van der Waals surface area contributed by atoms with Crippen molar-refractivity contribution in [2.75, 3.05) is 31.5 Å². The number of hydrogen-bond donors (Lipinski definition) is 1. The molecule has 2 aromatic rings. The van der Waals surface area contributed by atoms with Crippen LogP contribution in [0.25, 0.3) is 0 Å². The van der Waals surface area contributed by atoms with Crippen LogP contribution in [-0.2, 0) is 4.79 Å². The first-order chi connectivity index (χ1) is 12.6. The largest absolute Gasteiger partial charge is 0.342 e. The van der Waals surface area contributed by atoms with E-state index in [1.807, 2.05) is 31.2 Å². The van der Waals surface area contributed by atoms with Gasteiger partial charge in [-0.1, -0.05) is 24.3 Å². The Labute approximate surface area is 152 Å². The average Bonchev–Trinajstić information content (AvgIpc) is 2.69. The smallest absolute Gasteiger partial charge is 0.255 e. The number of hydrogen-bond acceptors (Lipinski definition) is 3. The first kappa shape index (κ1) is 17.7. The molecule has 0 bridgehead atoms. The van der Waals surface area contributed by atoms with Crippen LogP contribution in [-0.4, -0.2) is 54.2 Å². The fourth-order valence-corrected chi connectivity index (χ4v) is 2.91. The molecule has 0 radical (unpaired) electrons. The summed E-state index contributed by atoms with van der Waals surface area (Å²) in [5.74, 6) is -0.374. The standard InChI is InChI=1S/C20H21N3O3/c1-15-5-2-3-8-18(15)21-19(25)16-6-4-7-17(13-16)20(26)23-11-9-22(14-24)10-12-23/h2-8,13-14H,9-12H2,1H3,(H,21,25). The van der Waals surface area contributed by atoms with Gasteiger partial charge in [-0.25, -0.2) is 0 Å². The van der Waals surface area contributed by atoms with Gasteiger partial charge < -0.3 is 15.1 Å².